The highest BCUT2D eigenvalue weighted by Crippen LogP contribution is 2.25. The Morgan fingerprint density at radius 3 is 2.38 bits per heavy atom. The van der Waals surface area contributed by atoms with Gasteiger partial charge in [0.05, 0.1) is 11.7 Å². The number of benzene rings is 1. The number of hydrogen-bond donors (Lipinski definition) is 1. The summed E-state index contributed by atoms with van der Waals surface area (Å²) < 4.78 is 6.08. The van der Waals surface area contributed by atoms with Crippen LogP contribution in [0.5, 0.6) is 0 Å². The summed E-state index contributed by atoms with van der Waals surface area (Å²) in [4.78, 5) is 0. The zero-order valence-corrected chi connectivity index (χ0v) is 11.0. The van der Waals surface area contributed by atoms with E-state index in [2.05, 4.69) is 57.3 Å². The van der Waals surface area contributed by atoms with Crippen LogP contribution in [0.4, 0.5) is 0 Å². The summed E-state index contributed by atoms with van der Waals surface area (Å²) in [6.45, 7) is 9.24. The first kappa shape index (κ1) is 13.2. The number of aryl methyl sites for hydroxylation is 1. The van der Waals surface area contributed by atoms with E-state index in [0.29, 0.717) is 0 Å². The molecule has 0 bridgehead atoms. The van der Waals surface area contributed by atoms with Crippen molar-refractivity contribution >= 4 is 0 Å². The third-order valence-corrected chi connectivity index (χ3v) is 2.42. The monoisotopic (exact) mass is 221 g/mol. The molecule has 16 heavy (non-hydrogen) atoms. The van der Waals surface area contributed by atoms with Crippen molar-refractivity contribution in [2.45, 2.75) is 39.4 Å². The lowest BCUT2D eigenvalue weighted by atomic mass is 10.0. The van der Waals surface area contributed by atoms with Crippen molar-refractivity contribution in [3.63, 3.8) is 0 Å². The first-order valence-electron chi connectivity index (χ1n) is 5.82. The standard InChI is InChI=1S/C14H23NO/c1-11-8-6-7-9-12(11)13(10-15-5)16-14(2,3)4/h6-9,13,15H,10H2,1-5H3. The molecule has 0 radical (unpaired) electrons. The van der Waals surface area contributed by atoms with Crippen LogP contribution < -0.4 is 5.32 Å². The zero-order valence-electron chi connectivity index (χ0n) is 11.0. The molecular weight excluding hydrogens is 198 g/mol. The van der Waals surface area contributed by atoms with Crippen molar-refractivity contribution in [3.8, 4) is 0 Å². The topological polar surface area (TPSA) is 21.3 Å². The molecule has 2 heteroatoms. The quantitative estimate of drug-likeness (QED) is 0.843. The Kier molecular flexibility index (Phi) is 4.51. The van der Waals surface area contributed by atoms with Crippen LogP contribution in [0.2, 0.25) is 0 Å². The smallest absolute Gasteiger partial charge is 0.0958 e. The van der Waals surface area contributed by atoms with Gasteiger partial charge in [-0.1, -0.05) is 24.3 Å². The molecule has 1 N–H and O–H groups in total. The molecule has 0 aliphatic heterocycles. The van der Waals surface area contributed by atoms with E-state index in [0.717, 1.165) is 6.54 Å². The normalized spacial score (nSPS) is 13.8. The second-order valence-electron chi connectivity index (χ2n) is 5.13. The predicted molar refractivity (Wildman–Crippen MR) is 68.7 cm³/mol. The van der Waals surface area contributed by atoms with Crippen molar-refractivity contribution in [3.05, 3.63) is 35.4 Å². The highest BCUT2D eigenvalue weighted by molar-refractivity contribution is 5.28. The summed E-state index contributed by atoms with van der Waals surface area (Å²) in [5.41, 5.74) is 2.43. The number of nitrogens with one attached hydrogen (secondary N) is 1. The van der Waals surface area contributed by atoms with Gasteiger partial charge in [0.25, 0.3) is 0 Å². The molecule has 1 unspecified atom stereocenters. The van der Waals surface area contributed by atoms with E-state index in [-0.39, 0.29) is 11.7 Å². The van der Waals surface area contributed by atoms with Gasteiger partial charge in [0.1, 0.15) is 0 Å². The molecule has 0 saturated heterocycles. The van der Waals surface area contributed by atoms with E-state index in [1.807, 2.05) is 7.05 Å². The average Bonchev–Trinajstić information content (AvgIpc) is 2.16. The van der Waals surface area contributed by atoms with Crippen molar-refractivity contribution < 1.29 is 4.74 Å². The van der Waals surface area contributed by atoms with Crippen molar-refractivity contribution in [1.29, 1.82) is 0 Å². The van der Waals surface area contributed by atoms with E-state index >= 15 is 0 Å². The molecule has 1 aromatic rings. The lowest BCUT2D eigenvalue weighted by Gasteiger charge is -2.28. The van der Waals surface area contributed by atoms with Crippen LogP contribution in [-0.4, -0.2) is 19.2 Å². The predicted octanol–water partition coefficient (Wildman–Crippen LogP) is 3.07. The van der Waals surface area contributed by atoms with Crippen LogP contribution in [0.3, 0.4) is 0 Å². The van der Waals surface area contributed by atoms with E-state index < -0.39 is 0 Å². The Morgan fingerprint density at radius 1 is 1.25 bits per heavy atom. The second-order valence-corrected chi connectivity index (χ2v) is 5.13. The number of ether oxygens (including phenoxy) is 1. The van der Waals surface area contributed by atoms with Gasteiger partial charge in [0.15, 0.2) is 0 Å². The van der Waals surface area contributed by atoms with Gasteiger partial charge in [-0.05, 0) is 45.9 Å². The Morgan fingerprint density at radius 2 is 1.88 bits per heavy atom. The van der Waals surface area contributed by atoms with Gasteiger partial charge in [0, 0.05) is 6.54 Å². The summed E-state index contributed by atoms with van der Waals surface area (Å²) in [5.74, 6) is 0. The second kappa shape index (κ2) is 5.46. The summed E-state index contributed by atoms with van der Waals surface area (Å²) >= 11 is 0. The molecule has 1 rings (SSSR count). The molecule has 0 fully saturated rings. The summed E-state index contributed by atoms with van der Waals surface area (Å²) in [6, 6.07) is 8.40. The van der Waals surface area contributed by atoms with Gasteiger partial charge in [0.2, 0.25) is 0 Å². The van der Waals surface area contributed by atoms with Crippen molar-refractivity contribution in [2.75, 3.05) is 13.6 Å². The molecule has 90 valence electrons. The van der Waals surface area contributed by atoms with Gasteiger partial charge in [-0.3, -0.25) is 0 Å². The Balaban J connectivity index is 2.89. The Bertz CT molecular complexity index is 328. The van der Waals surface area contributed by atoms with Crippen LogP contribution >= 0.6 is 0 Å². The number of rotatable bonds is 4. The molecule has 0 spiro atoms. The van der Waals surface area contributed by atoms with Crippen molar-refractivity contribution in [1.82, 2.24) is 5.32 Å². The fourth-order valence-corrected chi connectivity index (χ4v) is 1.78. The maximum Gasteiger partial charge on any atom is 0.0958 e. The van der Waals surface area contributed by atoms with Crippen molar-refractivity contribution in [2.24, 2.45) is 0 Å². The van der Waals surface area contributed by atoms with Crippen LogP contribution in [-0.2, 0) is 4.74 Å². The molecule has 1 atom stereocenters. The molecular formula is C14H23NO. The highest BCUT2D eigenvalue weighted by atomic mass is 16.5. The van der Waals surface area contributed by atoms with Gasteiger partial charge in [-0.25, -0.2) is 0 Å². The minimum atomic E-state index is -0.121. The molecule has 0 aromatic heterocycles. The Labute approximate surface area is 99.0 Å². The zero-order chi connectivity index (χ0) is 12.2. The molecule has 0 amide bonds. The van der Waals surface area contributed by atoms with Gasteiger partial charge in [-0.15, -0.1) is 0 Å². The largest absolute Gasteiger partial charge is 0.367 e. The maximum atomic E-state index is 6.08. The summed E-state index contributed by atoms with van der Waals surface area (Å²) in [7, 11) is 1.96. The molecule has 0 heterocycles. The molecule has 1 aromatic carbocycles. The third kappa shape index (κ3) is 3.95. The van der Waals surface area contributed by atoms with E-state index in [1.165, 1.54) is 11.1 Å². The summed E-state index contributed by atoms with van der Waals surface area (Å²) in [6.07, 6.45) is 0.117. The number of likely N-dealkylation sites (N-methyl/N-ethyl adjacent to an activating group) is 1. The molecule has 2 nitrogen and oxygen atoms in total. The first-order valence-corrected chi connectivity index (χ1v) is 5.82. The number of hydrogen-bond acceptors (Lipinski definition) is 2. The lowest BCUT2D eigenvalue weighted by molar-refractivity contribution is -0.0601. The molecule has 0 saturated carbocycles. The average molecular weight is 221 g/mol. The van der Waals surface area contributed by atoms with Crippen LogP contribution in [0.25, 0.3) is 0 Å². The first-order chi connectivity index (χ1) is 7.44. The Hall–Kier alpha value is -0.860. The van der Waals surface area contributed by atoms with E-state index in [1.54, 1.807) is 0 Å². The SMILES string of the molecule is CNCC(OC(C)(C)C)c1ccccc1C. The minimum Gasteiger partial charge on any atom is -0.367 e. The van der Waals surface area contributed by atoms with Crippen LogP contribution in [0.15, 0.2) is 24.3 Å². The van der Waals surface area contributed by atoms with Crippen LogP contribution in [0, 0.1) is 6.92 Å². The fraction of sp³-hybridized carbons (Fsp3) is 0.571. The lowest BCUT2D eigenvalue weighted by Crippen LogP contribution is -2.29. The third-order valence-electron chi connectivity index (χ3n) is 2.42. The summed E-state index contributed by atoms with van der Waals surface area (Å²) in [5, 5.41) is 3.19. The van der Waals surface area contributed by atoms with Gasteiger partial charge in [-0.2, -0.15) is 0 Å². The minimum absolute atomic E-state index is 0.117. The highest BCUT2D eigenvalue weighted by Gasteiger charge is 2.20. The molecule has 0 aliphatic carbocycles. The van der Waals surface area contributed by atoms with Crippen LogP contribution in [0.1, 0.15) is 38.0 Å². The molecule has 0 aliphatic rings. The maximum absolute atomic E-state index is 6.08. The van der Waals surface area contributed by atoms with E-state index in [4.69, 9.17) is 4.74 Å². The fourth-order valence-electron chi connectivity index (χ4n) is 1.78. The van der Waals surface area contributed by atoms with Gasteiger partial charge >= 0.3 is 0 Å². The van der Waals surface area contributed by atoms with Gasteiger partial charge < -0.3 is 10.1 Å². The van der Waals surface area contributed by atoms with E-state index in [9.17, 15) is 0 Å².